The molecule has 0 heterocycles. The lowest BCUT2D eigenvalue weighted by Gasteiger charge is -2.06. The summed E-state index contributed by atoms with van der Waals surface area (Å²) in [4.78, 5) is 21.5. The predicted molar refractivity (Wildman–Crippen MR) is 65.2 cm³/mol. The number of rotatable bonds is 4. The first-order chi connectivity index (χ1) is 7.50. The molecule has 84 valence electrons. The molecule has 0 saturated carbocycles. The Balaban J connectivity index is 3.12. The highest BCUT2D eigenvalue weighted by Crippen LogP contribution is 2.22. The van der Waals surface area contributed by atoms with Crippen LogP contribution in [0.2, 0.25) is 0 Å². The number of benzene rings is 1. The maximum absolute atomic E-state index is 11.1. The molecule has 0 amide bonds. The Morgan fingerprint density at radius 2 is 2.12 bits per heavy atom. The third kappa shape index (κ3) is 3.62. The minimum absolute atomic E-state index is 0.0388. The molecule has 0 spiro atoms. The summed E-state index contributed by atoms with van der Waals surface area (Å²) in [5, 5.41) is 8.55. The van der Waals surface area contributed by atoms with Gasteiger partial charge in [-0.1, -0.05) is 28.1 Å². The van der Waals surface area contributed by atoms with Gasteiger partial charge in [-0.15, -0.1) is 0 Å². The van der Waals surface area contributed by atoms with Crippen LogP contribution in [0.3, 0.4) is 0 Å². The van der Waals surface area contributed by atoms with Crippen LogP contribution in [0.5, 0.6) is 0 Å². The fourth-order valence-electron chi connectivity index (χ4n) is 1.33. The number of hydrogen-bond acceptors (Lipinski definition) is 2. The van der Waals surface area contributed by atoms with Crippen LogP contribution in [0.15, 0.2) is 28.7 Å². The second-order valence-corrected chi connectivity index (χ2v) is 4.21. The Morgan fingerprint density at radius 3 is 2.69 bits per heavy atom. The van der Waals surface area contributed by atoms with Gasteiger partial charge in [0.2, 0.25) is 0 Å². The number of ketones is 1. The molecule has 0 atom stereocenters. The normalized spacial score (nSPS) is 10.6. The molecule has 3 nitrogen and oxygen atoms in total. The van der Waals surface area contributed by atoms with Crippen LogP contribution in [0, 0.1) is 0 Å². The van der Waals surface area contributed by atoms with E-state index in [-0.39, 0.29) is 5.78 Å². The molecule has 1 aromatic carbocycles. The molecule has 16 heavy (non-hydrogen) atoms. The lowest BCUT2D eigenvalue weighted by Crippen LogP contribution is -2.00. The molecule has 0 bridgehead atoms. The SMILES string of the molecule is CC(=O)Cc1c(Br)cccc1/C=C/C(=O)O. The van der Waals surface area contributed by atoms with Gasteiger partial charge in [-0.3, -0.25) is 4.79 Å². The highest BCUT2D eigenvalue weighted by molar-refractivity contribution is 9.10. The minimum atomic E-state index is -1.01. The van der Waals surface area contributed by atoms with Gasteiger partial charge in [0.1, 0.15) is 5.78 Å². The lowest BCUT2D eigenvalue weighted by atomic mass is 10.0. The van der Waals surface area contributed by atoms with Crippen LogP contribution in [0.4, 0.5) is 0 Å². The number of Topliss-reactive ketones (excluding diaryl/α,β-unsaturated/α-hetero) is 1. The van der Waals surface area contributed by atoms with Gasteiger partial charge in [0, 0.05) is 17.0 Å². The summed E-state index contributed by atoms with van der Waals surface area (Å²) in [7, 11) is 0. The van der Waals surface area contributed by atoms with Crippen LogP contribution in [0.1, 0.15) is 18.1 Å². The van der Waals surface area contributed by atoms with Gasteiger partial charge in [0.15, 0.2) is 0 Å². The van der Waals surface area contributed by atoms with Crippen molar-refractivity contribution in [1.29, 1.82) is 0 Å². The summed E-state index contributed by atoms with van der Waals surface area (Å²) in [6, 6.07) is 5.41. The predicted octanol–water partition coefficient (Wildman–Crippen LogP) is 2.68. The number of carbonyl (C=O) groups excluding carboxylic acids is 1. The van der Waals surface area contributed by atoms with E-state index >= 15 is 0 Å². The summed E-state index contributed by atoms with van der Waals surface area (Å²) in [5.74, 6) is -0.967. The molecular formula is C12H11BrO3. The molecule has 1 aromatic rings. The third-order valence-corrected chi connectivity index (χ3v) is 2.73. The smallest absolute Gasteiger partial charge is 0.328 e. The molecular weight excluding hydrogens is 272 g/mol. The first-order valence-corrected chi connectivity index (χ1v) is 5.48. The molecule has 0 saturated heterocycles. The lowest BCUT2D eigenvalue weighted by molar-refractivity contribution is -0.131. The van der Waals surface area contributed by atoms with Crippen molar-refractivity contribution < 1.29 is 14.7 Å². The summed E-state index contributed by atoms with van der Waals surface area (Å²) in [5.41, 5.74) is 1.56. The van der Waals surface area contributed by atoms with E-state index in [4.69, 9.17) is 5.11 Å². The first-order valence-electron chi connectivity index (χ1n) is 4.68. The number of aliphatic carboxylic acids is 1. The van der Waals surface area contributed by atoms with Gasteiger partial charge in [-0.2, -0.15) is 0 Å². The van der Waals surface area contributed by atoms with Gasteiger partial charge in [0.25, 0.3) is 0 Å². The molecule has 0 fully saturated rings. The molecule has 1 N–H and O–H groups in total. The topological polar surface area (TPSA) is 54.4 Å². The van der Waals surface area contributed by atoms with E-state index in [1.54, 1.807) is 12.1 Å². The Bertz CT molecular complexity index is 450. The number of carboxylic acid groups (broad SMARTS) is 1. The molecule has 0 aliphatic heterocycles. The van der Waals surface area contributed by atoms with Gasteiger partial charge >= 0.3 is 5.97 Å². The summed E-state index contributed by atoms with van der Waals surface area (Å²) in [6.45, 7) is 1.50. The Morgan fingerprint density at radius 1 is 1.44 bits per heavy atom. The minimum Gasteiger partial charge on any atom is -0.478 e. The van der Waals surface area contributed by atoms with E-state index in [0.717, 1.165) is 21.7 Å². The molecule has 0 aromatic heterocycles. The van der Waals surface area contributed by atoms with E-state index in [9.17, 15) is 9.59 Å². The van der Waals surface area contributed by atoms with Crippen LogP contribution in [-0.4, -0.2) is 16.9 Å². The average molecular weight is 283 g/mol. The van der Waals surface area contributed by atoms with Crippen molar-refractivity contribution in [2.24, 2.45) is 0 Å². The standard InChI is InChI=1S/C12H11BrO3/c1-8(14)7-10-9(5-6-12(15)16)3-2-4-11(10)13/h2-6H,7H2,1H3,(H,15,16)/b6-5+. The van der Waals surface area contributed by atoms with Crippen molar-refractivity contribution in [3.8, 4) is 0 Å². The number of hydrogen-bond donors (Lipinski definition) is 1. The quantitative estimate of drug-likeness (QED) is 0.864. The van der Waals surface area contributed by atoms with Gasteiger partial charge < -0.3 is 5.11 Å². The second kappa shape index (κ2) is 5.61. The van der Waals surface area contributed by atoms with E-state index in [2.05, 4.69) is 15.9 Å². The largest absolute Gasteiger partial charge is 0.478 e. The van der Waals surface area contributed by atoms with E-state index in [1.165, 1.54) is 13.0 Å². The first kappa shape index (κ1) is 12.6. The highest BCUT2D eigenvalue weighted by Gasteiger charge is 2.07. The van der Waals surface area contributed by atoms with Crippen molar-refractivity contribution in [3.05, 3.63) is 39.9 Å². The number of carboxylic acids is 1. The number of carbonyl (C=O) groups is 2. The average Bonchev–Trinajstić information content (AvgIpc) is 2.18. The van der Waals surface area contributed by atoms with Crippen LogP contribution in [0.25, 0.3) is 6.08 Å². The monoisotopic (exact) mass is 282 g/mol. The van der Waals surface area contributed by atoms with Gasteiger partial charge in [-0.05, 0) is 30.2 Å². The molecule has 0 radical (unpaired) electrons. The molecule has 4 heteroatoms. The Labute approximate surface area is 102 Å². The maximum Gasteiger partial charge on any atom is 0.328 e. The zero-order chi connectivity index (χ0) is 12.1. The molecule has 0 aliphatic carbocycles. The molecule has 1 rings (SSSR count). The fraction of sp³-hybridized carbons (Fsp3) is 0.167. The Hall–Kier alpha value is -1.42. The van der Waals surface area contributed by atoms with Crippen molar-refractivity contribution in [2.75, 3.05) is 0 Å². The van der Waals surface area contributed by atoms with Gasteiger partial charge in [0.05, 0.1) is 0 Å². The fourth-order valence-corrected chi connectivity index (χ4v) is 1.85. The van der Waals surface area contributed by atoms with Crippen molar-refractivity contribution >= 4 is 33.8 Å². The van der Waals surface area contributed by atoms with Crippen LogP contribution < -0.4 is 0 Å². The second-order valence-electron chi connectivity index (χ2n) is 3.36. The van der Waals surface area contributed by atoms with Crippen molar-refractivity contribution in [3.63, 3.8) is 0 Å². The summed E-state index contributed by atoms with van der Waals surface area (Å²) in [6.07, 6.45) is 2.84. The maximum atomic E-state index is 11.1. The summed E-state index contributed by atoms with van der Waals surface area (Å²) < 4.78 is 0.815. The van der Waals surface area contributed by atoms with Gasteiger partial charge in [-0.25, -0.2) is 4.79 Å². The zero-order valence-corrected chi connectivity index (χ0v) is 10.3. The van der Waals surface area contributed by atoms with Crippen LogP contribution >= 0.6 is 15.9 Å². The van der Waals surface area contributed by atoms with E-state index < -0.39 is 5.97 Å². The van der Waals surface area contributed by atoms with Crippen molar-refractivity contribution in [1.82, 2.24) is 0 Å². The number of halogens is 1. The third-order valence-electron chi connectivity index (χ3n) is 1.99. The summed E-state index contributed by atoms with van der Waals surface area (Å²) >= 11 is 3.35. The van der Waals surface area contributed by atoms with Crippen LogP contribution in [-0.2, 0) is 16.0 Å². The molecule has 0 aliphatic rings. The van der Waals surface area contributed by atoms with E-state index in [0.29, 0.717) is 6.42 Å². The molecule has 0 unspecified atom stereocenters. The Kier molecular flexibility index (Phi) is 4.43. The van der Waals surface area contributed by atoms with E-state index in [1.807, 2.05) is 6.07 Å². The zero-order valence-electron chi connectivity index (χ0n) is 8.74. The van der Waals surface area contributed by atoms with Crippen molar-refractivity contribution in [2.45, 2.75) is 13.3 Å². The highest BCUT2D eigenvalue weighted by atomic mass is 79.9.